The molecule has 3 aliphatic rings. The molecule has 2 fully saturated rings. The second-order valence-electron chi connectivity index (χ2n) is 12.4. The molecule has 2 aromatic carbocycles. The molecular formula is C36H44N6O2S. The summed E-state index contributed by atoms with van der Waals surface area (Å²) in [6.07, 6.45) is 9.97. The van der Waals surface area contributed by atoms with Gasteiger partial charge in [-0.25, -0.2) is 4.31 Å². The largest absolute Gasteiger partial charge is 0.369 e. The monoisotopic (exact) mass is 624 g/mol. The molecular weight excluding hydrogens is 581 g/mol. The van der Waals surface area contributed by atoms with Gasteiger partial charge in [-0.05, 0) is 62.2 Å². The van der Waals surface area contributed by atoms with Crippen molar-refractivity contribution in [3.8, 4) is 11.3 Å². The molecule has 2 aliphatic heterocycles. The molecule has 9 heteroatoms. The average Bonchev–Trinajstić information content (AvgIpc) is 3.28. The van der Waals surface area contributed by atoms with Gasteiger partial charge in [0.2, 0.25) is 0 Å². The van der Waals surface area contributed by atoms with E-state index in [4.69, 9.17) is 0 Å². The van der Waals surface area contributed by atoms with Crippen LogP contribution in [0, 0.1) is 0 Å². The van der Waals surface area contributed by atoms with Crippen LogP contribution in [-0.2, 0) is 11.3 Å². The lowest BCUT2D eigenvalue weighted by Gasteiger charge is -2.37. The molecule has 45 heavy (non-hydrogen) atoms. The summed E-state index contributed by atoms with van der Waals surface area (Å²) >= 11 is 1.27. The number of aromatic nitrogens is 1. The van der Waals surface area contributed by atoms with Crippen LogP contribution in [0.3, 0.4) is 0 Å². The van der Waals surface area contributed by atoms with Crippen LogP contribution < -0.4 is 10.0 Å². The molecule has 0 radical (unpaired) electrons. The van der Waals surface area contributed by atoms with Gasteiger partial charge >= 0.3 is 0 Å². The minimum atomic E-state index is -0.131. The maximum atomic E-state index is 14.2. The van der Waals surface area contributed by atoms with E-state index in [9.17, 15) is 9.59 Å². The number of carbonyl (C=O) groups is 2. The summed E-state index contributed by atoms with van der Waals surface area (Å²) in [7, 11) is 3.80. The van der Waals surface area contributed by atoms with Crippen molar-refractivity contribution in [2.45, 2.75) is 44.6 Å². The van der Waals surface area contributed by atoms with Crippen LogP contribution in [-0.4, -0.2) is 77.3 Å². The SMILES string of the molecule is C=CCNC(=C)N1CCN(C(=O)C2=Cc3ccccc3-c3c(C4CCCCC4)c4ccc(C(=O)NSN(C)C)cc4n3C2)CC1. The number of piperazine rings is 1. The molecule has 1 saturated heterocycles. The lowest BCUT2D eigenvalue weighted by atomic mass is 9.81. The number of benzene rings is 2. The van der Waals surface area contributed by atoms with Gasteiger partial charge in [0, 0.05) is 72.5 Å². The lowest BCUT2D eigenvalue weighted by Crippen LogP contribution is -2.50. The summed E-state index contributed by atoms with van der Waals surface area (Å²) in [5.74, 6) is 1.25. The van der Waals surface area contributed by atoms with Crippen LogP contribution in [0.4, 0.5) is 0 Å². The molecule has 8 nitrogen and oxygen atoms in total. The van der Waals surface area contributed by atoms with Crippen LogP contribution in [0.25, 0.3) is 28.2 Å². The highest BCUT2D eigenvalue weighted by molar-refractivity contribution is 7.95. The Morgan fingerprint density at radius 2 is 1.76 bits per heavy atom. The van der Waals surface area contributed by atoms with Crippen LogP contribution >= 0.6 is 12.1 Å². The first kappa shape index (κ1) is 31.0. The third-order valence-corrected chi connectivity index (χ3v) is 9.89. The molecule has 3 heterocycles. The number of hydrogen-bond acceptors (Lipinski definition) is 6. The Bertz CT molecular complexity index is 1640. The third kappa shape index (κ3) is 6.42. The minimum Gasteiger partial charge on any atom is -0.369 e. The highest BCUT2D eigenvalue weighted by atomic mass is 32.2. The van der Waals surface area contributed by atoms with Crippen molar-refractivity contribution in [3.05, 3.63) is 89.8 Å². The van der Waals surface area contributed by atoms with Crippen LogP contribution in [0.15, 0.2) is 73.1 Å². The number of nitrogens with one attached hydrogen (secondary N) is 2. The second-order valence-corrected chi connectivity index (χ2v) is 13.5. The van der Waals surface area contributed by atoms with Crippen molar-refractivity contribution in [1.29, 1.82) is 0 Å². The van der Waals surface area contributed by atoms with E-state index in [1.165, 1.54) is 48.0 Å². The Labute approximate surface area is 271 Å². The summed E-state index contributed by atoms with van der Waals surface area (Å²) in [4.78, 5) is 31.6. The lowest BCUT2D eigenvalue weighted by molar-refractivity contribution is -0.128. The van der Waals surface area contributed by atoms with Crippen molar-refractivity contribution in [3.63, 3.8) is 0 Å². The van der Waals surface area contributed by atoms with E-state index in [1.807, 2.05) is 41.5 Å². The molecule has 1 aliphatic carbocycles. The van der Waals surface area contributed by atoms with Gasteiger partial charge in [0.1, 0.15) is 0 Å². The van der Waals surface area contributed by atoms with Crippen molar-refractivity contribution in [2.75, 3.05) is 46.8 Å². The third-order valence-electron chi connectivity index (χ3n) is 9.25. The first-order chi connectivity index (χ1) is 21.9. The maximum absolute atomic E-state index is 14.2. The van der Waals surface area contributed by atoms with E-state index < -0.39 is 0 Å². The second kappa shape index (κ2) is 13.6. The summed E-state index contributed by atoms with van der Waals surface area (Å²) in [5, 5.41) is 4.47. The zero-order valence-electron chi connectivity index (χ0n) is 26.5. The first-order valence-corrected chi connectivity index (χ1v) is 16.8. The first-order valence-electron chi connectivity index (χ1n) is 16.0. The Kier molecular flexibility index (Phi) is 9.37. The quantitative estimate of drug-likeness (QED) is 0.225. The molecule has 0 unspecified atom stereocenters. The van der Waals surface area contributed by atoms with Crippen molar-refractivity contribution in [2.24, 2.45) is 0 Å². The number of carbonyl (C=O) groups excluding carboxylic acids is 2. The van der Waals surface area contributed by atoms with E-state index in [-0.39, 0.29) is 11.8 Å². The van der Waals surface area contributed by atoms with Gasteiger partial charge in [0.15, 0.2) is 0 Å². The van der Waals surface area contributed by atoms with E-state index in [0.29, 0.717) is 37.7 Å². The molecule has 0 atom stereocenters. The van der Waals surface area contributed by atoms with Gasteiger partial charge in [-0.15, -0.1) is 6.58 Å². The van der Waals surface area contributed by atoms with Crippen molar-refractivity contribution >= 4 is 40.9 Å². The Morgan fingerprint density at radius 1 is 1.02 bits per heavy atom. The van der Waals surface area contributed by atoms with Crippen molar-refractivity contribution < 1.29 is 9.59 Å². The van der Waals surface area contributed by atoms with Gasteiger partial charge in [0.25, 0.3) is 11.8 Å². The molecule has 2 amide bonds. The fraction of sp³-hybridized carbons (Fsp3) is 0.389. The zero-order valence-corrected chi connectivity index (χ0v) is 27.3. The highest BCUT2D eigenvalue weighted by Gasteiger charge is 2.32. The molecule has 1 aromatic heterocycles. The fourth-order valence-electron chi connectivity index (χ4n) is 7.02. The van der Waals surface area contributed by atoms with Crippen LogP contribution in [0.2, 0.25) is 0 Å². The smallest absolute Gasteiger partial charge is 0.262 e. The van der Waals surface area contributed by atoms with Gasteiger partial charge in [-0.1, -0.05) is 62.2 Å². The summed E-state index contributed by atoms with van der Waals surface area (Å²) in [5.41, 5.74) is 7.18. The van der Waals surface area contributed by atoms with E-state index in [0.717, 1.165) is 54.0 Å². The molecule has 2 N–H and O–H groups in total. The standard InChI is InChI=1S/C36H44N6O2S/c1-5-17-37-25(2)40-18-20-41(21-19-40)36(44)29-22-27-13-9-10-14-30(27)34-33(26-11-7-6-8-12-26)31-16-15-28(23-32(31)42(34)24-29)35(43)38-45-39(3)4/h5,9-10,13-16,22-23,26,37H,1-2,6-8,11-12,17-21,24H2,3-4H3,(H,38,43). The van der Waals surface area contributed by atoms with Gasteiger partial charge < -0.3 is 19.7 Å². The predicted octanol–water partition coefficient (Wildman–Crippen LogP) is 6.00. The Balaban J connectivity index is 1.40. The van der Waals surface area contributed by atoms with Crippen molar-refractivity contribution in [1.82, 2.24) is 28.7 Å². The summed E-state index contributed by atoms with van der Waals surface area (Å²) in [6.45, 7) is 11.8. The number of amides is 2. The van der Waals surface area contributed by atoms with Gasteiger partial charge in [0.05, 0.1) is 18.1 Å². The van der Waals surface area contributed by atoms with Crippen LogP contribution in [0.1, 0.15) is 59.5 Å². The predicted molar refractivity (Wildman–Crippen MR) is 185 cm³/mol. The minimum absolute atomic E-state index is 0.0688. The van der Waals surface area contributed by atoms with E-state index in [1.54, 1.807) is 0 Å². The number of rotatable bonds is 9. The number of nitrogens with zero attached hydrogens (tertiary/aromatic N) is 4. The molecule has 1 saturated carbocycles. The van der Waals surface area contributed by atoms with Gasteiger partial charge in [-0.3, -0.25) is 14.3 Å². The molecule has 6 rings (SSSR count). The maximum Gasteiger partial charge on any atom is 0.262 e. The molecule has 3 aromatic rings. The molecule has 236 valence electrons. The Hall–Kier alpha value is -3.95. The highest BCUT2D eigenvalue weighted by Crippen LogP contribution is 2.46. The summed E-state index contributed by atoms with van der Waals surface area (Å²) in [6, 6.07) is 14.6. The molecule has 0 bridgehead atoms. The normalized spacial score (nSPS) is 16.9. The van der Waals surface area contributed by atoms with Gasteiger partial charge in [-0.2, -0.15) is 0 Å². The number of fused-ring (bicyclic) bond motifs is 5. The topological polar surface area (TPSA) is 72.8 Å². The van der Waals surface area contributed by atoms with E-state index >= 15 is 0 Å². The zero-order chi connectivity index (χ0) is 31.5. The average molecular weight is 625 g/mol. The summed E-state index contributed by atoms with van der Waals surface area (Å²) < 4.78 is 7.11. The fourth-order valence-corrected chi connectivity index (χ4v) is 7.41. The van der Waals surface area contributed by atoms with Crippen LogP contribution in [0.5, 0.6) is 0 Å². The van der Waals surface area contributed by atoms with E-state index in [2.05, 4.69) is 69.1 Å². The molecule has 0 spiro atoms. The Morgan fingerprint density at radius 3 is 2.49 bits per heavy atom. The number of hydrogen-bond donors (Lipinski definition) is 2.